The van der Waals surface area contributed by atoms with E-state index in [1.807, 2.05) is 12.1 Å². The van der Waals surface area contributed by atoms with Crippen molar-refractivity contribution in [3.05, 3.63) is 42.0 Å². The number of amides is 1. The molecule has 21 heavy (non-hydrogen) atoms. The van der Waals surface area contributed by atoms with E-state index in [0.717, 1.165) is 11.6 Å². The number of phenolic OH excluding ortho intramolecular Hbond substituents is 1. The van der Waals surface area contributed by atoms with Crippen molar-refractivity contribution < 1.29 is 18.3 Å². The Hall–Kier alpha value is -2.08. The molecule has 112 valence electrons. The van der Waals surface area contributed by atoms with Crippen LogP contribution in [0.1, 0.15) is 17.3 Å². The van der Waals surface area contributed by atoms with E-state index in [9.17, 15) is 18.3 Å². The summed E-state index contributed by atoms with van der Waals surface area (Å²) in [7, 11) is -3.17. The Morgan fingerprint density at radius 3 is 2.57 bits per heavy atom. The number of hydrogen-bond donors (Lipinski definition) is 2. The molecular formula is C15H17NO4S. The van der Waals surface area contributed by atoms with E-state index in [0.29, 0.717) is 5.39 Å². The number of aromatic hydroxyl groups is 1. The van der Waals surface area contributed by atoms with Crippen LogP contribution in [0, 0.1) is 0 Å². The Bertz CT molecular complexity index is 783. The molecule has 0 spiro atoms. The SMILES string of the molecule is CC(CS(C)(=O)=O)NC(=O)c1ccc2ccccc2c1O. The van der Waals surface area contributed by atoms with Crippen LogP contribution in [0.15, 0.2) is 36.4 Å². The van der Waals surface area contributed by atoms with Crippen LogP contribution in [0.25, 0.3) is 10.8 Å². The van der Waals surface area contributed by atoms with Gasteiger partial charge < -0.3 is 10.4 Å². The number of hydrogen-bond acceptors (Lipinski definition) is 4. The highest BCUT2D eigenvalue weighted by molar-refractivity contribution is 7.90. The van der Waals surface area contributed by atoms with Crippen LogP contribution in [-0.2, 0) is 9.84 Å². The van der Waals surface area contributed by atoms with Gasteiger partial charge >= 0.3 is 0 Å². The van der Waals surface area contributed by atoms with Gasteiger partial charge in [0.05, 0.1) is 11.3 Å². The van der Waals surface area contributed by atoms with Crippen molar-refractivity contribution in [2.75, 3.05) is 12.0 Å². The van der Waals surface area contributed by atoms with Gasteiger partial charge in [0.15, 0.2) is 0 Å². The molecule has 0 heterocycles. The Morgan fingerprint density at radius 1 is 1.24 bits per heavy atom. The standard InChI is InChI=1S/C15H17NO4S/c1-10(9-21(2,19)20)16-15(18)13-8-7-11-5-3-4-6-12(11)14(13)17/h3-8,10,17H,9H2,1-2H3,(H,16,18). The summed E-state index contributed by atoms with van der Waals surface area (Å²) in [6, 6.07) is 9.92. The molecule has 0 aliphatic carbocycles. The lowest BCUT2D eigenvalue weighted by Gasteiger charge is -2.14. The predicted molar refractivity (Wildman–Crippen MR) is 82.3 cm³/mol. The summed E-state index contributed by atoms with van der Waals surface area (Å²) < 4.78 is 22.4. The van der Waals surface area contributed by atoms with Gasteiger partial charge in [0, 0.05) is 17.7 Å². The molecule has 0 bridgehead atoms. The number of fused-ring (bicyclic) bond motifs is 1. The van der Waals surface area contributed by atoms with Crippen LogP contribution in [0.2, 0.25) is 0 Å². The second-order valence-electron chi connectivity index (χ2n) is 5.15. The molecule has 2 aromatic carbocycles. The molecule has 0 saturated carbocycles. The third-order valence-corrected chi connectivity index (χ3v) is 4.18. The van der Waals surface area contributed by atoms with E-state index in [-0.39, 0.29) is 17.1 Å². The maximum atomic E-state index is 12.1. The fraction of sp³-hybridized carbons (Fsp3) is 0.267. The highest BCUT2D eigenvalue weighted by Gasteiger charge is 2.17. The van der Waals surface area contributed by atoms with Gasteiger partial charge in [-0.15, -0.1) is 0 Å². The van der Waals surface area contributed by atoms with E-state index in [1.165, 1.54) is 6.07 Å². The van der Waals surface area contributed by atoms with E-state index in [1.54, 1.807) is 25.1 Å². The minimum Gasteiger partial charge on any atom is -0.506 e. The van der Waals surface area contributed by atoms with Gasteiger partial charge in [0.1, 0.15) is 15.6 Å². The van der Waals surface area contributed by atoms with Crippen LogP contribution in [-0.4, -0.2) is 37.5 Å². The molecule has 5 nitrogen and oxygen atoms in total. The number of carbonyl (C=O) groups is 1. The zero-order valence-electron chi connectivity index (χ0n) is 11.8. The largest absolute Gasteiger partial charge is 0.506 e. The second kappa shape index (κ2) is 5.73. The molecule has 1 atom stereocenters. The number of sulfone groups is 1. The van der Waals surface area contributed by atoms with Crippen molar-refractivity contribution in [1.82, 2.24) is 5.32 Å². The Kier molecular flexibility index (Phi) is 4.18. The molecule has 2 rings (SSSR count). The number of nitrogens with one attached hydrogen (secondary N) is 1. The van der Waals surface area contributed by atoms with Crippen LogP contribution in [0.4, 0.5) is 0 Å². The monoisotopic (exact) mass is 307 g/mol. The quantitative estimate of drug-likeness (QED) is 0.900. The fourth-order valence-electron chi connectivity index (χ4n) is 2.24. The summed E-state index contributed by atoms with van der Waals surface area (Å²) in [5.74, 6) is -0.737. The molecule has 0 aliphatic heterocycles. The minimum absolute atomic E-state index is 0.0999. The minimum atomic E-state index is -3.17. The maximum absolute atomic E-state index is 12.1. The summed E-state index contributed by atoms with van der Waals surface area (Å²) in [6.07, 6.45) is 1.11. The normalized spacial score (nSPS) is 13.0. The van der Waals surface area contributed by atoms with Crippen LogP contribution < -0.4 is 5.32 Å². The highest BCUT2D eigenvalue weighted by Crippen LogP contribution is 2.28. The van der Waals surface area contributed by atoms with Crippen LogP contribution >= 0.6 is 0 Å². The van der Waals surface area contributed by atoms with Gasteiger partial charge in [0.25, 0.3) is 5.91 Å². The third kappa shape index (κ3) is 3.72. The number of benzene rings is 2. The fourth-order valence-corrected chi connectivity index (χ4v) is 3.23. The van der Waals surface area contributed by atoms with Gasteiger partial charge in [-0.1, -0.05) is 30.3 Å². The van der Waals surface area contributed by atoms with Crippen molar-refractivity contribution >= 4 is 26.5 Å². The molecule has 0 aliphatic rings. The van der Waals surface area contributed by atoms with Gasteiger partial charge in [-0.2, -0.15) is 0 Å². The number of rotatable bonds is 4. The van der Waals surface area contributed by atoms with Crippen molar-refractivity contribution in [3.63, 3.8) is 0 Å². The van der Waals surface area contributed by atoms with Crippen molar-refractivity contribution in [1.29, 1.82) is 0 Å². The first-order valence-corrected chi connectivity index (χ1v) is 8.53. The summed E-state index contributed by atoms with van der Waals surface area (Å²) in [5, 5.41) is 14.2. The average molecular weight is 307 g/mol. The maximum Gasteiger partial charge on any atom is 0.255 e. The predicted octanol–water partition coefficient (Wildman–Crippen LogP) is 1.71. The molecule has 1 amide bonds. The summed E-state index contributed by atoms with van der Waals surface area (Å²) in [6.45, 7) is 1.61. The second-order valence-corrected chi connectivity index (χ2v) is 7.33. The lowest BCUT2D eigenvalue weighted by molar-refractivity contribution is 0.0941. The third-order valence-electron chi connectivity index (χ3n) is 3.08. The lowest BCUT2D eigenvalue weighted by Crippen LogP contribution is -2.37. The first-order chi connectivity index (χ1) is 9.78. The van der Waals surface area contributed by atoms with Crippen molar-refractivity contribution in [2.45, 2.75) is 13.0 Å². The summed E-state index contributed by atoms with van der Waals surface area (Å²) in [5.41, 5.74) is 0.133. The first kappa shape index (κ1) is 15.3. The molecule has 0 aromatic heterocycles. The molecule has 0 fully saturated rings. The molecule has 0 radical (unpaired) electrons. The topological polar surface area (TPSA) is 83.5 Å². The Balaban J connectivity index is 2.26. The smallest absolute Gasteiger partial charge is 0.255 e. The Labute approximate surface area is 123 Å². The van der Waals surface area contributed by atoms with E-state index >= 15 is 0 Å². The van der Waals surface area contributed by atoms with Gasteiger partial charge in [-0.25, -0.2) is 8.42 Å². The molecule has 1 unspecified atom stereocenters. The molecule has 6 heteroatoms. The van der Waals surface area contributed by atoms with E-state index in [4.69, 9.17) is 0 Å². The van der Waals surface area contributed by atoms with Crippen molar-refractivity contribution in [2.24, 2.45) is 0 Å². The molecular weight excluding hydrogens is 290 g/mol. The number of phenols is 1. The first-order valence-electron chi connectivity index (χ1n) is 6.47. The van der Waals surface area contributed by atoms with Crippen LogP contribution in [0.3, 0.4) is 0 Å². The lowest BCUT2D eigenvalue weighted by atomic mass is 10.0. The van der Waals surface area contributed by atoms with Gasteiger partial charge in [-0.3, -0.25) is 4.79 Å². The summed E-state index contributed by atoms with van der Waals surface area (Å²) in [4.78, 5) is 12.1. The highest BCUT2D eigenvalue weighted by atomic mass is 32.2. The zero-order valence-corrected chi connectivity index (χ0v) is 12.6. The Morgan fingerprint density at radius 2 is 1.90 bits per heavy atom. The molecule has 2 aromatic rings. The average Bonchev–Trinajstić information content (AvgIpc) is 2.36. The molecule has 0 saturated heterocycles. The van der Waals surface area contributed by atoms with Gasteiger partial charge in [-0.05, 0) is 18.4 Å². The van der Waals surface area contributed by atoms with Crippen LogP contribution in [0.5, 0.6) is 5.75 Å². The number of carbonyl (C=O) groups excluding carboxylic acids is 1. The van der Waals surface area contributed by atoms with Gasteiger partial charge in [0.2, 0.25) is 0 Å². The van der Waals surface area contributed by atoms with E-state index in [2.05, 4.69) is 5.32 Å². The zero-order chi connectivity index (χ0) is 15.6. The summed E-state index contributed by atoms with van der Waals surface area (Å²) >= 11 is 0. The van der Waals surface area contributed by atoms with E-state index < -0.39 is 21.8 Å². The molecule has 2 N–H and O–H groups in total. The van der Waals surface area contributed by atoms with Crippen molar-refractivity contribution in [3.8, 4) is 5.75 Å².